The first-order valence-corrected chi connectivity index (χ1v) is 13.8. The van der Waals surface area contributed by atoms with Crippen LogP contribution < -0.4 is 0 Å². The quantitative estimate of drug-likeness (QED) is 0.189. The average Bonchev–Trinajstić information content (AvgIpc) is 3.37. The normalized spacial score (nSPS) is 16.5. The molecular weight excluding hydrogens is 528 g/mol. The van der Waals surface area contributed by atoms with Crippen LogP contribution in [0.4, 0.5) is 9.59 Å². The molecular formula is C31H34N2O8. The summed E-state index contributed by atoms with van der Waals surface area (Å²) in [5, 5.41) is 1.56. The van der Waals surface area contributed by atoms with Gasteiger partial charge in [-0.2, -0.15) is 0 Å². The zero-order valence-corrected chi connectivity index (χ0v) is 24.1. The molecule has 0 atom stereocenters. The van der Waals surface area contributed by atoms with Gasteiger partial charge in [-0.05, 0) is 83.0 Å². The van der Waals surface area contributed by atoms with Gasteiger partial charge >= 0.3 is 18.2 Å². The Morgan fingerprint density at radius 3 is 1.78 bits per heavy atom. The number of benzene rings is 2. The van der Waals surface area contributed by atoms with Gasteiger partial charge in [0.05, 0.1) is 36.4 Å². The molecule has 0 N–H and O–H groups in total. The first kappa shape index (κ1) is 28.4. The number of aryl methyl sites for hydroxylation is 2. The molecule has 216 valence electrons. The van der Waals surface area contributed by atoms with Gasteiger partial charge in [-0.1, -0.05) is 6.07 Å². The molecule has 1 aliphatic rings. The van der Waals surface area contributed by atoms with Crippen LogP contribution in [0.15, 0.2) is 36.4 Å². The van der Waals surface area contributed by atoms with Crippen molar-refractivity contribution in [2.24, 2.45) is 0 Å². The minimum absolute atomic E-state index is 0.187. The van der Waals surface area contributed by atoms with Gasteiger partial charge in [0.25, 0.3) is 0 Å². The molecule has 1 aliphatic heterocycles. The number of nitrogens with zero attached hydrogens (tertiary/aromatic N) is 2. The highest BCUT2D eigenvalue weighted by Crippen LogP contribution is 2.37. The van der Waals surface area contributed by atoms with Gasteiger partial charge in [-0.25, -0.2) is 23.5 Å². The van der Waals surface area contributed by atoms with Gasteiger partial charge in [0.2, 0.25) is 0 Å². The SMILES string of the molecule is CCOC(=O)c1ccc2c(c1)c(C)c(Cc1c(C)c3cc(C4OC(C)O4)ccc3n1C(=O)OCC)n2C(=O)OCC. The van der Waals surface area contributed by atoms with Crippen LogP contribution in [0.5, 0.6) is 0 Å². The molecule has 0 bridgehead atoms. The fourth-order valence-electron chi connectivity index (χ4n) is 5.40. The van der Waals surface area contributed by atoms with Crippen molar-refractivity contribution in [3.63, 3.8) is 0 Å². The second-order valence-electron chi connectivity index (χ2n) is 9.79. The first-order valence-electron chi connectivity index (χ1n) is 13.8. The summed E-state index contributed by atoms with van der Waals surface area (Å²) in [6, 6.07) is 10.8. The number of hydrogen-bond acceptors (Lipinski definition) is 8. The first-order chi connectivity index (χ1) is 19.7. The van der Waals surface area contributed by atoms with Gasteiger partial charge in [0.15, 0.2) is 12.6 Å². The highest BCUT2D eigenvalue weighted by molar-refractivity contribution is 6.00. The van der Waals surface area contributed by atoms with E-state index in [1.165, 1.54) is 4.57 Å². The Kier molecular flexibility index (Phi) is 7.88. The van der Waals surface area contributed by atoms with Crippen LogP contribution in [-0.4, -0.2) is 53.4 Å². The topological polar surface area (TPSA) is 107 Å². The molecule has 10 heteroatoms. The zero-order valence-electron chi connectivity index (χ0n) is 24.1. The van der Waals surface area contributed by atoms with Crippen LogP contribution >= 0.6 is 0 Å². The fourth-order valence-corrected chi connectivity index (χ4v) is 5.40. The van der Waals surface area contributed by atoms with E-state index in [1.54, 1.807) is 43.5 Å². The van der Waals surface area contributed by atoms with E-state index >= 15 is 0 Å². The van der Waals surface area contributed by atoms with E-state index in [0.717, 1.165) is 22.1 Å². The number of rotatable bonds is 7. The van der Waals surface area contributed by atoms with Crippen molar-refractivity contribution in [1.82, 2.24) is 9.13 Å². The molecule has 1 fully saturated rings. The van der Waals surface area contributed by atoms with Gasteiger partial charge in [0.1, 0.15) is 0 Å². The Hall–Kier alpha value is -4.15. The minimum Gasteiger partial charge on any atom is -0.462 e. The second kappa shape index (κ2) is 11.4. The van der Waals surface area contributed by atoms with Crippen LogP contribution in [-0.2, 0) is 30.1 Å². The van der Waals surface area contributed by atoms with Crippen LogP contribution in [0.25, 0.3) is 21.8 Å². The molecule has 0 aliphatic carbocycles. The lowest BCUT2D eigenvalue weighted by Gasteiger charge is -2.33. The van der Waals surface area contributed by atoms with Crippen molar-refractivity contribution in [1.29, 1.82) is 0 Å². The van der Waals surface area contributed by atoms with Gasteiger partial charge in [-0.15, -0.1) is 0 Å². The van der Waals surface area contributed by atoms with Crippen molar-refractivity contribution >= 4 is 40.0 Å². The summed E-state index contributed by atoms with van der Waals surface area (Å²) < 4.78 is 30.5. The van der Waals surface area contributed by atoms with Crippen molar-refractivity contribution in [3.8, 4) is 0 Å². The summed E-state index contributed by atoms with van der Waals surface area (Å²) in [5.41, 5.74) is 5.44. The molecule has 5 rings (SSSR count). The Bertz CT molecular complexity index is 1660. The number of aromatic nitrogens is 2. The third kappa shape index (κ3) is 4.98. The maximum absolute atomic E-state index is 13.3. The van der Waals surface area contributed by atoms with E-state index in [0.29, 0.717) is 33.4 Å². The monoisotopic (exact) mass is 562 g/mol. The molecule has 0 spiro atoms. The summed E-state index contributed by atoms with van der Waals surface area (Å²) >= 11 is 0. The lowest BCUT2D eigenvalue weighted by molar-refractivity contribution is -0.382. The highest BCUT2D eigenvalue weighted by atomic mass is 16.9. The van der Waals surface area contributed by atoms with Gasteiger partial charge in [-0.3, -0.25) is 0 Å². The molecule has 0 saturated carbocycles. The van der Waals surface area contributed by atoms with Crippen LogP contribution in [0.3, 0.4) is 0 Å². The predicted molar refractivity (Wildman–Crippen MR) is 151 cm³/mol. The molecule has 0 radical (unpaired) electrons. The molecule has 2 aromatic heterocycles. The summed E-state index contributed by atoms with van der Waals surface area (Å²) in [6.45, 7) is 11.5. The number of carbonyl (C=O) groups is 3. The Morgan fingerprint density at radius 1 is 0.756 bits per heavy atom. The van der Waals surface area contributed by atoms with E-state index in [4.69, 9.17) is 23.7 Å². The standard InChI is InChI=1S/C31H34N2O8/c1-7-37-28(34)20-10-12-24-22(14-20)17(4)26(32(24)30(35)38-8-2)16-27-18(5)23-15-21(29-40-19(6)41-29)11-13-25(23)33(27)31(36)39-9-3/h10-15,19,29H,7-9,16H2,1-6H3. The molecule has 10 nitrogen and oxygen atoms in total. The molecule has 3 heterocycles. The van der Waals surface area contributed by atoms with E-state index in [1.807, 2.05) is 39.0 Å². The van der Waals surface area contributed by atoms with Crippen LogP contribution in [0.2, 0.25) is 0 Å². The smallest absolute Gasteiger partial charge is 0.418 e. The predicted octanol–water partition coefficient (Wildman–Crippen LogP) is 6.38. The third-order valence-electron chi connectivity index (χ3n) is 7.36. The number of fused-ring (bicyclic) bond motifs is 2. The fraction of sp³-hybridized carbons (Fsp3) is 0.387. The lowest BCUT2D eigenvalue weighted by atomic mass is 10.0. The molecule has 2 aromatic carbocycles. The lowest BCUT2D eigenvalue weighted by Crippen LogP contribution is -2.31. The number of hydrogen-bond donors (Lipinski definition) is 0. The van der Waals surface area contributed by atoms with Crippen molar-refractivity contribution in [2.45, 2.75) is 60.5 Å². The van der Waals surface area contributed by atoms with E-state index < -0.39 is 24.4 Å². The largest absolute Gasteiger partial charge is 0.462 e. The van der Waals surface area contributed by atoms with Gasteiger partial charge in [0, 0.05) is 34.1 Å². The number of esters is 1. The second-order valence-corrected chi connectivity index (χ2v) is 9.79. The van der Waals surface area contributed by atoms with Crippen LogP contribution in [0, 0.1) is 13.8 Å². The molecule has 1 saturated heterocycles. The summed E-state index contributed by atoms with van der Waals surface area (Å²) in [5.74, 6) is -0.442. The summed E-state index contributed by atoms with van der Waals surface area (Å²) in [4.78, 5) is 39.1. The maximum Gasteiger partial charge on any atom is 0.418 e. The summed E-state index contributed by atoms with van der Waals surface area (Å²) in [7, 11) is 0. The molecule has 41 heavy (non-hydrogen) atoms. The van der Waals surface area contributed by atoms with Crippen molar-refractivity contribution in [2.75, 3.05) is 19.8 Å². The van der Waals surface area contributed by atoms with Crippen molar-refractivity contribution < 1.29 is 38.1 Å². The summed E-state index contributed by atoms with van der Waals surface area (Å²) in [6.07, 6.45) is -1.58. The average molecular weight is 563 g/mol. The van der Waals surface area contributed by atoms with E-state index in [2.05, 4.69) is 0 Å². The number of ether oxygens (including phenoxy) is 5. The minimum atomic E-state index is -0.545. The Labute approximate surface area is 237 Å². The van der Waals surface area contributed by atoms with Crippen LogP contribution in [0.1, 0.15) is 72.4 Å². The molecule has 4 aromatic rings. The maximum atomic E-state index is 13.3. The van der Waals surface area contributed by atoms with Crippen molar-refractivity contribution in [3.05, 3.63) is 70.0 Å². The van der Waals surface area contributed by atoms with E-state index in [9.17, 15) is 14.4 Å². The van der Waals surface area contributed by atoms with E-state index in [-0.39, 0.29) is 32.5 Å². The van der Waals surface area contributed by atoms with Gasteiger partial charge < -0.3 is 23.7 Å². The Morgan fingerprint density at radius 2 is 1.27 bits per heavy atom. The Balaban J connectivity index is 1.69. The zero-order chi connectivity index (χ0) is 29.4. The highest BCUT2D eigenvalue weighted by Gasteiger charge is 2.30. The number of carbonyl (C=O) groups excluding carboxylic acids is 3. The molecule has 0 unspecified atom stereocenters. The molecule has 0 amide bonds. The third-order valence-corrected chi connectivity index (χ3v) is 7.36.